The number of fused-ring (bicyclic) bond motifs is 1. The zero-order valence-electron chi connectivity index (χ0n) is 16.0. The third-order valence-corrected chi connectivity index (χ3v) is 5.06. The van der Waals surface area contributed by atoms with Gasteiger partial charge in [-0.2, -0.15) is 0 Å². The van der Waals surface area contributed by atoms with Crippen LogP contribution in [0.1, 0.15) is 0 Å². The van der Waals surface area contributed by atoms with Crippen LogP contribution in [0.2, 0.25) is 0 Å². The average molecular weight is 417 g/mol. The summed E-state index contributed by atoms with van der Waals surface area (Å²) < 4.78 is 8.45. The molecule has 3 rings (SSSR count). The molecule has 0 radical (unpaired) electrons. The van der Waals surface area contributed by atoms with Gasteiger partial charge in [-0.05, 0) is 18.4 Å². The first-order valence-corrected chi connectivity index (χ1v) is 9.75. The fourth-order valence-electron chi connectivity index (χ4n) is 2.78. The van der Waals surface area contributed by atoms with Gasteiger partial charge >= 0.3 is 11.7 Å². The van der Waals surface area contributed by atoms with Crippen molar-refractivity contribution >= 4 is 40.5 Å². The Kier molecular flexibility index (Phi) is 5.87. The van der Waals surface area contributed by atoms with Crippen LogP contribution in [0.5, 0.6) is 0 Å². The SMILES string of the molecule is CSc1ccccc1NC(=O)COC(=O)Cn1cnc2c1c(=O)n(C)c(=O)n2C. The summed E-state index contributed by atoms with van der Waals surface area (Å²) in [6.07, 6.45) is 3.17. The molecule has 0 saturated carbocycles. The lowest BCUT2D eigenvalue weighted by Gasteiger charge is -2.10. The molecule has 0 bridgehead atoms. The highest BCUT2D eigenvalue weighted by molar-refractivity contribution is 7.98. The van der Waals surface area contributed by atoms with E-state index in [1.54, 1.807) is 12.1 Å². The predicted octanol–water partition coefficient (Wildman–Crippen LogP) is 0.337. The van der Waals surface area contributed by atoms with Crippen molar-refractivity contribution < 1.29 is 14.3 Å². The van der Waals surface area contributed by atoms with Crippen LogP contribution in [0.25, 0.3) is 11.2 Å². The summed E-state index contributed by atoms with van der Waals surface area (Å²) in [5, 5.41) is 2.69. The number of rotatable bonds is 6. The Morgan fingerprint density at radius 2 is 1.90 bits per heavy atom. The fourth-order valence-corrected chi connectivity index (χ4v) is 3.34. The quantitative estimate of drug-likeness (QED) is 0.454. The number of aromatic nitrogens is 4. The number of nitrogens with one attached hydrogen (secondary N) is 1. The van der Waals surface area contributed by atoms with Crippen molar-refractivity contribution in [3.05, 3.63) is 51.4 Å². The molecule has 0 aliphatic rings. The molecular weight excluding hydrogens is 398 g/mol. The maximum absolute atomic E-state index is 12.4. The van der Waals surface area contributed by atoms with Gasteiger partial charge in [-0.3, -0.25) is 23.5 Å². The van der Waals surface area contributed by atoms with E-state index in [2.05, 4.69) is 10.3 Å². The van der Waals surface area contributed by atoms with Crippen molar-refractivity contribution in [2.45, 2.75) is 11.4 Å². The van der Waals surface area contributed by atoms with Gasteiger partial charge < -0.3 is 14.6 Å². The Balaban J connectivity index is 1.68. The first-order valence-electron chi connectivity index (χ1n) is 8.52. The van der Waals surface area contributed by atoms with Gasteiger partial charge in [0.05, 0.1) is 12.0 Å². The van der Waals surface area contributed by atoms with E-state index in [0.717, 1.165) is 9.46 Å². The van der Waals surface area contributed by atoms with Gasteiger partial charge in [-0.25, -0.2) is 9.78 Å². The molecule has 0 spiro atoms. The predicted molar refractivity (Wildman–Crippen MR) is 108 cm³/mol. The summed E-state index contributed by atoms with van der Waals surface area (Å²) >= 11 is 1.48. The number of benzene rings is 1. The van der Waals surface area contributed by atoms with Crippen LogP contribution in [-0.2, 0) is 35.0 Å². The number of esters is 1. The van der Waals surface area contributed by atoms with Crippen molar-refractivity contribution in [1.29, 1.82) is 0 Å². The molecule has 0 fully saturated rings. The summed E-state index contributed by atoms with van der Waals surface area (Å²) in [7, 11) is 2.83. The summed E-state index contributed by atoms with van der Waals surface area (Å²) in [4.78, 5) is 53.4. The zero-order chi connectivity index (χ0) is 21.1. The molecular formula is C18H19N5O5S. The Bertz CT molecular complexity index is 1210. The number of carbonyl (C=O) groups excluding carboxylic acids is 2. The summed E-state index contributed by atoms with van der Waals surface area (Å²) in [6.45, 7) is -0.788. The summed E-state index contributed by atoms with van der Waals surface area (Å²) in [6, 6.07) is 7.27. The molecule has 0 atom stereocenters. The summed E-state index contributed by atoms with van der Waals surface area (Å²) in [5.41, 5.74) is -0.189. The van der Waals surface area contributed by atoms with Gasteiger partial charge in [0, 0.05) is 19.0 Å². The number of anilines is 1. The Hall–Kier alpha value is -3.34. The van der Waals surface area contributed by atoms with Crippen LogP contribution < -0.4 is 16.6 Å². The largest absolute Gasteiger partial charge is 0.454 e. The average Bonchev–Trinajstić information content (AvgIpc) is 3.13. The number of nitrogens with zero attached hydrogens (tertiary/aromatic N) is 4. The van der Waals surface area contributed by atoms with Crippen LogP contribution in [0.3, 0.4) is 0 Å². The lowest BCUT2D eigenvalue weighted by Crippen LogP contribution is -2.37. The topological polar surface area (TPSA) is 117 Å². The molecule has 152 valence electrons. The third kappa shape index (κ3) is 4.09. The second kappa shape index (κ2) is 8.35. The van der Waals surface area contributed by atoms with E-state index in [-0.39, 0.29) is 17.7 Å². The Labute approximate surface area is 169 Å². The van der Waals surface area contributed by atoms with Gasteiger partial charge in [0.15, 0.2) is 17.8 Å². The van der Waals surface area contributed by atoms with Crippen molar-refractivity contribution in [3.63, 3.8) is 0 Å². The maximum atomic E-state index is 12.4. The minimum absolute atomic E-state index is 0.102. The number of hydrogen-bond acceptors (Lipinski definition) is 7. The number of thioether (sulfide) groups is 1. The Morgan fingerprint density at radius 1 is 1.17 bits per heavy atom. The number of ether oxygens (including phenoxy) is 1. The van der Waals surface area contributed by atoms with Crippen molar-refractivity contribution in [2.75, 3.05) is 18.2 Å². The molecule has 10 nitrogen and oxygen atoms in total. The molecule has 1 N–H and O–H groups in total. The standard InChI is InChI=1S/C18H19N5O5S/c1-21-16-15(17(26)22(2)18(21)27)23(10-19-16)8-14(25)28-9-13(24)20-11-6-4-5-7-12(11)29-3/h4-7,10H,8-9H2,1-3H3,(H,20,24). The highest BCUT2D eigenvalue weighted by atomic mass is 32.2. The minimum Gasteiger partial charge on any atom is -0.454 e. The lowest BCUT2D eigenvalue weighted by atomic mass is 10.3. The molecule has 29 heavy (non-hydrogen) atoms. The monoisotopic (exact) mass is 417 g/mol. The van der Waals surface area contributed by atoms with Gasteiger partial charge in [0.25, 0.3) is 11.5 Å². The number of amides is 1. The molecule has 0 unspecified atom stereocenters. The lowest BCUT2D eigenvalue weighted by molar-refractivity contribution is -0.147. The minimum atomic E-state index is -0.714. The molecule has 2 aromatic heterocycles. The summed E-state index contributed by atoms with van der Waals surface area (Å²) in [5.74, 6) is -1.19. The van der Waals surface area contributed by atoms with E-state index < -0.39 is 29.7 Å². The van der Waals surface area contributed by atoms with Crippen LogP contribution in [-0.4, -0.2) is 43.4 Å². The number of hydrogen-bond donors (Lipinski definition) is 1. The smallest absolute Gasteiger partial charge is 0.332 e. The number of aryl methyl sites for hydroxylation is 1. The first-order chi connectivity index (χ1) is 13.8. The highest BCUT2D eigenvalue weighted by Crippen LogP contribution is 2.24. The van der Waals surface area contributed by atoms with Gasteiger partial charge in [0.1, 0.15) is 6.54 Å². The highest BCUT2D eigenvalue weighted by Gasteiger charge is 2.17. The van der Waals surface area contributed by atoms with Gasteiger partial charge in [0.2, 0.25) is 0 Å². The number of para-hydroxylation sites is 1. The van der Waals surface area contributed by atoms with Crippen molar-refractivity contribution in [2.24, 2.45) is 14.1 Å². The maximum Gasteiger partial charge on any atom is 0.332 e. The van der Waals surface area contributed by atoms with Crippen LogP contribution in [0, 0.1) is 0 Å². The van der Waals surface area contributed by atoms with Gasteiger partial charge in [-0.15, -0.1) is 11.8 Å². The molecule has 1 amide bonds. The van der Waals surface area contributed by atoms with Crippen molar-refractivity contribution in [1.82, 2.24) is 18.7 Å². The molecule has 0 aliphatic carbocycles. The second-order valence-corrected chi connectivity index (χ2v) is 7.01. The van der Waals surface area contributed by atoms with Crippen LogP contribution in [0.4, 0.5) is 5.69 Å². The normalized spacial score (nSPS) is 10.9. The van der Waals surface area contributed by atoms with Crippen LogP contribution >= 0.6 is 11.8 Å². The Morgan fingerprint density at radius 3 is 2.62 bits per heavy atom. The zero-order valence-corrected chi connectivity index (χ0v) is 16.9. The first kappa shape index (κ1) is 20.4. The van der Waals surface area contributed by atoms with E-state index in [0.29, 0.717) is 5.69 Å². The van der Waals surface area contributed by atoms with E-state index >= 15 is 0 Å². The molecule has 2 heterocycles. The van der Waals surface area contributed by atoms with Crippen LogP contribution in [0.15, 0.2) is 45.1 Å². The van der Waals surface area contributed by atoms with E-state index in [1.165, 1.54) is 41.3 Å². The fraction of sp³-hybridized carbons (Fsp3) is 0.278. The molecule has 0 saturated heterocycles. The third-order valence-electron chi connectivity index (χ3n) is 4.26. The van der Waals surface area contributed by atoms with Crippen molar-refractivity contribution in [3.8, 4) is 0 Å². The molecule has 0 aliphatic heterocycles. The second-order valence-electron chi connectivity index (χ2n) is 6.16. The van der Waals surface area contributed by atoms with E-state index in [1.807, 2.05) is 18.4 Å². The molecule has 1 aromatic carbocycles. The number of carbonyl (C=O) groups is 2. The van der Waals surface area contributed by atoms with Gasteiger partial charge in [-0.1, -0.05) is 12.1 Å². The molecule has 11 heteroatoms. The van der Waals surface area contributed by atoms with E-state index in [9.17, 15) is 19.2 Å². The molecule has 3 aromatic rings. The van der Waals surface area contributed by atoms with E-state index in [4.69, 9.17) is 4.74 Å². The number of imidazole rings is 1.